The monoisotopic (exact) mass is 425 g/mol. The lowest BCUT2D eigenvalue weighted by molar-refractivity contribution is -0.127. The van der Waals surface area contributed by atoms with E-state index in [1.165, 1.54) is 0 Å². The van der Waals surface area contributed by atoms with E-state index in [4.69, 9.17) is 22.1 Å². The van der Waals surface area contributed by atoms with Crippen molar-refractivity contribution in [1.82, 2.24) is 0 Å². The molecule has 0 aromatic heterocycles. The van der Waals surface area contributed by atoms with Gasteiger partial charge >= 0.3 is 0 Å². The minimum Gasteiger partial charge on any atom is -0.381 e. The molecule has 6 heteroatoms. The van der Waals surface area contributed by atoms with Gasteiger partial charge in [0.05, 0.1) is 10.4 Å². The van der Waals surface area contributed by atoms with Gasteiger partial charge < -0.3 is 10.5 Å². The zero-order chi connectivity index (χ0) is 17.2. The Hall–Kier alpha value is -1.01. The Balaban J connectivity index is 1.92. The zero-order valence-electron chi connectivity index (χ0n) is 12.9. The van der Waals surface area contributed by atoms with Crippen molar-refractivity contribution in [3.63, 3.8) is 0 Å². The van der Waals surface area contributed by atoms with Crippen molar-refractivity contribution < 1.29 is 9.53 Å². The fourth-order valence-corrected chi connectivity index (χ4v) is 4.61. The van der Waals surface area contributed by atoms with Crippen LogP contribution < -0.4 is 5.73 Å². The van der Waals surface area contributed by atoms with E-state index in [9.17, 15) is 4.79 Å². The summed E-state index contributed by atoms with van der Waals surface area (Å²) >= 11 is 11.3. The van der Waals surface area contributed by atoms with Gasteiger partial charge in [-0.1, -0.05) is 51.4 Å². The van der Waals surface area contributed by atoms with Crippen LogP contribution in [-0.4, -0.2) is 19.1 Å². The summed E-state index contributed by atoms with van der Waals surface area (Å²) in [6.07, 6.45) is 1.24. The van der Waals surface area contributed by atoms with Crippen molar-refractivity contribution in [2.75, 3.05) is 13.2 Å². The molecular formula is C18H17BrClNO2S. The minimum atomic E-state index is -0.641. The first-order chi connectivity index (χ1) is 11.5. The third-order valence-electron chi connectivity index (χ3n) is 4.33. The average molecular weight is 427 g/mol. The second-order valence-corrected chi connectivity index (χ2v) is 8.20. The number of carbonyl (C=O) groups excluding carboxylic acids is 1. The Bertz CT molecular complexity index is 762. The molecule has 0 saturated carbocycles. The Labute approximate surface area is 159 Å². The van der Waals surface area contributed by atoms with Gasteiger partial charge in [0, 0.05) is 27.5 Å². The Kier molecular flexibility index (Phi) is 5.55. The maximum Gasteiger partial charge on any atom is 0.228 e. The van der Waals surface area contributed by atoms with Gasteiger partial charge in [-0.2, -0.15) is 0 Å². The molecule has 1 saturated heterocycles. The highest BCUT2D eigenvalue weighted by atomic mass is 79.9. The molecule has 3 nitrogen and oxygen atoms in total. The second kappa shape index (κ2) is 7.48. The van der Waals surface area contributed by atoms with Crippen LogP contribution in [-0.2, 0) is 14.9 Å². The molecule has 2 aromatic rings. The molecule has 0 atom stereocenters. The summed E-state index contributed by atoms with van der Waals surface area (Å²) < 4.78 is 6.36. The molecule has 24 heavy (non-hydrogen) atoms. The number of nitrogens with two attached hydrogens (primary N) is 1. The second-order valence-electron chi connectivity index (χ2n) is 5.76. The van der Waals surface area contributed by atoms with Crippen LogP contribution in [0.25, 0.3) is 0 Å². The third-order valence-corrected chi connectivity index (χ3v) is 6.31. The number of amides is 1. The van der Waals surface area contributed by atoms with Gasteiger partial charge in [0.1, 0.15) is 0 Å². The van der Waals surface area contributed by atoms with Crippen molar-refractivity contribution in [2.45, 2.75) is 28.0 Å². The molecule has 1 fully saturated rings. The van der Waals surface area contributed by atoms with E-state index in [-0.39, 0.29) is 5.91 Å². The van der Waals surface area contributed by atoms with Gasteiger partial charge in [-0.25, -0.2) is 0 Å². The highest BCUT2D eigenvalue weighted by Crippen LogP contribution is 2.39. The number of benzene rings is 2. The number of hydrogen-bond acceptors (Lipinski definition) is 3. The van der Waals surface area contributed by atoms with Gasteiger partial charge in [0.15, 0.2) is 0 Å². The molecule has 1 heterocycles. The van der Waals surface area contributed by atoms with Crippen molar-refractivity contribution in [3.8, 4) is 0 Å². The number of primary amides is 1. The molecule has 2 N–H and O–H groups in total. The van der Waals surface area contributed by atoms with E-state index in [0.29, 0.717) is 31.1 Å². The number of carbonyl (C=O) groups is 1. The van der Waals surface area contributed by atoms with Crippen LogP contribution in [0.1, 0.15) is 18.4 Å². The number of rotatable bonds is 4. The van der Waals surface area contributed by atoms with Crippen LogP contribution in [0.5, 0.6) is 0 Å². The molecule has 0 bridgehead atoms. The first kappa shape index (κ1) is 17.8. The van der Waals surface area contributed by atoms with Crippen LogP contribution in [0.4, 0.5) is 0 Å². The maximum atomic E-state index is 12.2. The number of hydrogen-bond donors (Lipinski definition) is 1. The molecule has 0 aliphatic carbocycles. The van der Waals surface area contributed by atoms with Gasteiger partial charge in [-0.15, -0.1) is 0 Å². The molecule has 1 aliphatic heterocycles. The molecule has 126 valence electrons. The summed E-state index contributed by atoms with van der Waals surface area (Å²) in [5.74, 6) is -0.283. The highest BCUT2D eigenvalue weighted by molar-refractivity contribution is 9.10. The molecule has 0 spiro atoms. The predicted molar refractivity (Wildman–Crippen MR) is 101 cm³/mol. The summed E-state index contributed by atoms with van der Waals surface area (Å²) in [6, 6.07) is 13.8. The largest absolute Gasteiger partial charge is 0.381 e. The third kappa shape index (κ3) is 3.64. The molecule has 2 aromatic carbocycles. The average Bonchev–Trinajstić information content (AvgIpc) is 2.58. The minimum absolute atomic E-state index is 0.283. The first-order valence-electron chi connectivity index (χ1n) is 7.62. The lowest BCUT2D eigenvalue weighted by atomic mass is 9.73. The highest BCUT2D eigenvalue weighted by Gasteiger charge is 2.40. The summed E-state index contributed by atoms with van der Waals surface area (Å²) in [7, 11) is 0. The molecule has 0 radical (unpaired) electrons. The first-order valence-corrected chi connectivity index (χ1v) is 9.61. The van der Waals surface area contributed by atoms with Gasteiger partial charge in [-0.05, 0) is 48.7 Å². The fourth-order valence-electron chi connectivity index (χ4n) is 2.94. The predicted octanol–water partition coefficient (Wildman–Crippen LogP) is 4.79. The molecule has 0 unspecified atom stereocenters. The normalized spacial score (nSPS) is 16.8. The number of halogens is 2. The van der Waals surface area contributed by atoms with E-state index in [2.05, 4.69) is 15.9 Å². The smallest absolute Gasteiger partial charge is 0.228 e. The summed E-state index contributed by atoms with van der Waals surface area (Å²) in [6.45, 7) is 1.11. The SMILES string of the molecule is NC(=O)C1(c2cccc(Sc3ccc(Br)cc3Cl)c2)CCOCC1. The van der Waals surface area contributed by atoms with E-state index in [1.54, 1.807) is 11.8 Å². The fraction of sp³-hybridized carbons (Fsp3) is 0.278. The van der Waals surface area contributed by atoms with E-state index in [0.717, 1.165) is 19.8 Å². The zero-order valence-corrected chi connectivity index (χ0v) is 16.1. The van der Waals surface area contributed by atoms with Gasteiger partial charge in [0.2, 0.25) is 5.91 Å². The van der Waals surface area contributed by atoms with Crippen molar-refractivity contribution in [3.05, 3.63) is 57.5 Å². The van der Waals surface area contributed by atoms with E-state index in [1.807, 2.05) is 42.5 Å². The molecule has 1 aliphatic rings. The maximum absolute atomic E-state index is 12.2. The molecule has 1 amide bonds. The quantitative estimate of drug-likeness (QED) is 0.765. The summed E-state index contributed by atoms with van der Waals surface area (Å²) in [4.78, 5) is 14.2. The summed E-state index contributed by atoms with van der Waals surface area (Å²) in [5.41, 5.74) is 6.06. The van der Waals surface area contributed by atoms with Crippen LogP contribution in [0.2, 0.25) is 5.02 Å². The Morgan fingerprint density at radius 2 is 1.96 bits per heavy atom. The van der Waals surface area contributed by atoms with Crippen LogP contribution >= 0.6 is 39.3 Å². The lowest BCUT2D eigenvalue weighted by Gasteiger charge is -2.34. The van der Waals surface area contributed by atoms with Gasteiger partial charge in [0.25, 0.3) is 0 Å². The van der Waals surface area contributed by atoms with Crippen molar-refractivity contribution >= 4 is 45.2 Å². The van der Waals surface area contributed by atoms with E-state index >= 15 is 0 Å². The van der Waals surface area contributed by atoms with Gasteiger partial charge in [-0.3, -0.25) is 4.79 Å². The van der Waals surface area contributed by atoms with Crippen molar-refractivity contribution in [2.24, 2.45) is 5.73 Å². The summed E-state index contributed by atoms with van der Waals surface area (Å²) in [5, 5.41) is 0.690. The lowest BCUT2D eigenvalue weighted by Crippen LogP contribution is -2.45. The number of ether oxygens (including phenoxy) is 1. The Morgan fingerprint density at radius 1 is 1.21 bits per heavy atom. The van der Waals surface area contributed by atoms with Crippen LogP contribution in [0, 0.1) is 0 Å². The molecule has 3 rings (SSSR count). The van der Waals surface area contributed by atoms with E-state index < -0.39 is 5.41 Å². The van der Waals surface area contributed by atoms with Crippen molar-refractivity contribution in [1.29, 1.82) is 0 Å². The molecular weight excluding hydrogens is 410 g/mol. The van der Waals surface area contributed by atoms with Crippen LogP contribution in [0.15, 0.2) is 56.7 Å². The topological polar surface area (TPSA) is 52.3 Å². The van der Waals surface area contributed by atoms with Crippen LogP contribution in [0.3, 0.4) is 0 Å². The standard InChI is InChI=1S/C18H17BrClNO2S/c19-13-4-5-16(15(20)11-13)24-14-3-1-2-12(10-14)18(17(21)22)6-8-23-9-7-18/h1-5,10-11H,6-9H2,(H2,21,22). The Morgan fingerprint density at radius 3 is 2.62 bits per heavy atom.